The third kappa shape index (κ3) is 3.33. The molecule has 0 bridgehead atoms. The van der Waals surface area contributed by atoms with Crippen molar-refractivity contribution in [3.63, 3.8) is 0 Å². The summed E-state index contributed by atoms with van der Waals surface area (Å²) < 4.78 is 0. The first-order chi connectivity index (χ1) is 9.26. The fraction of sp³-hybridized carbons (Fsp3) is 0.533. The highest BCUT2D eigenvalue weighted by Gasteiger charge is 2.28. The van der Waals surface area contributed by atoms with E-state index in [0.717, 1.165) is 24.9 Å². The van der Waals surface area contributed by atoms with Crippen LogP contribution in [-0.2, 0) is 4.79 Å². The van der Waals surface area contributed by atoms with Gasteiger partial charge in [0, 0.05) is 26.2 Å². The lowest BCUT2D eigenvalue weighted by Crippen LogP contribution is -2.44. The van der Waals surface area contributed by atoms with E-state index in [2.05, 4.69) is 0 Å². The van der Waals surface area contributed by atoms with Crippen molar-refractivity contribution in [2.45, 2.75) is 18.8 Å². The molecule has 2 unspecified atom stereocenters. The smallest absolute Gasteiger partial charge is 0.231 e. The summed E-state index contributed by atoms with van der Waals surface area (Å²) in [6.07, 6.45) is 1.96. The first-order valence-electron chi connectivity index (χ1n) is 6.91. The number of amides is 1. The molecule has 2 atom stereocenters. The molecule has 1 aliphatic heterocycles. The molecule has 1 aromatic rings. The summed E-state index contributed by atoms with van der Waals surface area (Å²) in [4.78, 5) is 14.4. The normalized spacial score (nSPS) is 21.2. The van der Waals surface area contributed by atoms with E-state index in [1.165, 1.54) is 0 Å². The molecule has 1 saturated heterocycles. The average Bonchev–Trinajstić information content (AvgIpc) is 2.49. The zero-order valence-electron chi connectivity index (χ0n) is 11.2. The van der Waals surface area contributed by atoms with Crippen molar-refractivity contribution in [1.82, 2.24) is 4.90 Å². The third-order valence-electron chi connectivity index (χ3n) is 3.82. The molecule has 0 spiro atoms. The van der Waals surface area contributed by atoms with Crippen molar-refractivity contribution in [3.8, 4) is 0 Å². The fourth-order valence-corrected chi connectivity index (χ4v) is 2.70. The van der Waals surface area contributed by atoms with E-state index in [0.29, 0.717) is 13.1 Å². The lowest BCUT2D eigenvalue weighted by Gasteiger charge is -2.34. The summed E-state index contributed by atoms with van der Waals surface area (Å²) in [6.45, 7) is 1.91. The number of piperidine rings is 1. The molecule has 1 aliphatic rings. The number of nitrogens with zero attached hydrogens (tertiary/aromatic N) is 1. The van der Waals surface area contributed by atoms with Gasteiger partial charge in [0.1, 0.15) is 0 Å². The van der Waals surface area contributed by atoms with Crippen LogP contribution in [0.5, 0.6) is 0 Å². The molecule has 4 nitrogen and oxygen atoms in total. The summed E-state index contributed by atoms with van der Waals surface area (Å²) in [5.74, 6) is 0.0393. The van der Waals surface area contributed by atoms with Gasteiger partial charge < -0.3 is 15.7 Å². The maximum Gasteiger partial charge on any atom is 0.231 e. The van der Waals surface area contributed by atoms with E-state index in [9.17, 15) is 9.90 Å². The predicted molar refractivity (Wildman–Crippen MR) is 74.6 cm³/mol. The number of rotatable bonds is 4. The summed E-state index contributed by atoms with van der Waals surface area (Å²) in [5, 5.41) is 9.24. The maximum atomic E-state index is 12.6. The Hall–Kier alpha value is -1.39. The highest BCUT2D eigenvalue weighted by atomic mass is 16.3. The van der Waals surface area contributed by atoms with Crippen molar-refractivity contribution in [2.24, 2.45) is 11.7 Å². The van der Waals surface area contributed by atoms with Crippen molar-refractivity contribution in [3.05, 3.63) is 35.9 Å². The van der Waals surface area contributed by atoms with Crippen molar-refractivity contribution in [2.75, 3.05) is 26.2 Å². The number of hydrogen-bond acceptors (Lipinski definition) is 3. The standard InChI is InChI=1S/C15H22N2O2/c16-9-14(13-6-2-1-3-7-13)15(19)17-8-4-5-12(10-17)11-18/h1-3,6-7,12,14,18H,4-5,8-11,16H2. The molecule has 1 fully saturated rings. The zero-order valence-corrected chi connectivity index (χ0v) is 11.2. The fourth-order valence-electron chi connectivity index (χ4n) is 2.70. The molecule has 1 heterocycles. The van der Waals surface area contributed by atoms with Crippen molar-refractivity contribution < 1.29 is 9.90 Å². The Labute approximate surface area is 114 Å². The number of carbonyl (C=O) groups is 1. The molecular weight excluding hydrogens is 240 g/mol. The highest BCUT2D eigenvalue weighted by molar-refractivity contribution is 5.84. The number of likely N-dealkylation sites (tertiary alicyclic amines) is 1. The molecule has 4 heteroatoms. The van der Waals surface area contributed by atoms with E-state index >= 15 is 0 Å². The summed E-state index contributed by atoms with van der Waals surface area (Å²) in [7, 11) is 0. The quantitative estimate of drug-likeness (QED) is 0.849. The summed E-state index contributed by atoms with van der Waals surface area (Å²) >= 11 is 0. The van der Waals surface area contributed by atoms with Crippen LogP contribution in [0.15, 0.2) is 30.3 Å². The van der Waals surface area contributed by atoms with Gasteiger partial charge >= 0.3 is 0 Å². The Morgan fingerprint density at radius 2 is 2.16 bits per heavy atom. The van der Waals surface area contributed by atoms with E-state index in [-0.39, 0.29) is 24.3 Å². The van der Waals surface area contributed by atoms with Crippen LogP contribution in [0.2, 0.25) is 0 Å². The molecular formula is C15H22N2O2. The van der Waals surface area contributed by atoms with Crippen LogP contribution in [0.4, 0.5) is 0 Å². The molecule has 0 radical (unpaired) electrons. The van der Waals surface area contributed by atoms with Gasteiger partial charge in [-0.1, -0.05) is 30.3 Å². The van der Waals surface area contributed by atoms with E-state index < -0.39 is 0 Å². The first kappa shape index (κ1) is 14.0. The van der Waals surface area contributed by atoms with Gasteiger partial charge in [-0.25, -0.2) is 0 Å². The van der Waals surface area contributed by atoms with Crippen LogP contribution in [0.1, 0.15) is 24.3 Å². The minimum atomic E-state index is -0.265. The molecule has 1 aromatic carbocycles. The van der Waals surface area contributed by atoms with Crippen LogP contribution in [-0.4, -0.2) is 42.2 Å². The number of hydrogen-bond donors (Lipinski definition) is 2. The van der Waals surface area contributed by atoms with Gasteiger partial charge in [0.2, 0.25) is 5.91 Å². The molecule has 19 heavy (non-hydrogen) atoms. The van der Waals surface area contributed by atoms with Gasteiger partial charge in [-0.05, 0) is 24.3 Å². The van der Waals surface area contributed by atoms with Crippen LogP contribution in [0, 0.1) is 5.92 Å². The number of carbonyl (C=O) groups excluding carboxylic acids is 1. The Morgan fingerprint density at radius 1 is 1.42 bits per heavy atom. The molecule has 1 amide bonds. The van der Waals surface area contributed by atoms with Gasteiger partial charge in [-0.15, -0.1) is 0 Å². The number of aliphatic hydroxyl groups is 1. The predicted octanol–water partition coefficient (Wildman–Crippen LogP) is 0.960. The van der Waals surface area contributed by atoms with E-state index in [1.54, 1.807) is 0 Å². The Morgan fingerprint density at radius 3 is 2.79 bits per heavy atom. The molecule has 2 rings (SSSR count). The Bertz CT molecular complexity index is 408. The second-order valence-corrected chi connectivity index (χ2v) is 5.17. The highest BCUT2D eigenvalue weighted by Crippen LogP contribution is 2.22. The van der Waals surface area contributed by atoms with Gasteiger partial charge in [-0.2, -0.15) is 0 Å². The molecule has 3 N–H and O–H groups in total. The first-order valence-corrected chi connectivity index (χ1v) is 6.91. The Kier molecular flexibility index (Phi) is 4.93. The van der Waals surface area contributed by atoms with Crippen LogP contribution < -0.4 is 5.73 Å². The lowest BCUT2D eigenvalue weighted by molar-refractivity contribution is -0.134. The van der Waals surface area contributed by atoms with E-state index in [1.807, 2.05) is 35.2 Å². The second-order valence-electron chi connectivity index (χ2n) is 5.17. The topological polar surface area (TPSA) is 66.6 Å². The molecule has 0 aliphatic carbocycles. The minimum Gasteiger partial charge on any atom is -0.396 e. The number of nitrogens with two attached hydrogens (primary N) is 1. The largest absolute Gasteiger partial charge is 0.396 e. The average molecular weight is 262 g/mol. The summed E-state index contributed by atoms with van der Waals surface area (Å²) in [5.41, 5.74) is 6.76. The lowest BCUT2D eigenvalue weighted by atomic mass is 9.94. The van der Waals surface area contributed by atoms with Crippen molar-refractivity contribution in [1.29, 1.82) is 0 Å². The monoisotopic (exact) mass is 262 g/mol. The Balaban J connectivity index is 2.08. The third-order valence-corrected chi connectivity index (χ3v) is 3.82. The minimum absolute atomic E-state index is 0.0897. The van der Waals surface area contributed by atoms with Crippen LogP contribution in [0.3, 0.4) is 0 Å². The molecule has 0 saturated carbocycles. The number of benzene rings is 1. The number of aliphatic hydroxyl groups excluding tert-OH is 1. The van der Waals surface area contributed by atoms with Crippen LogP contribution >= 0.6 is 0 Å². The zero-order chi connectivity index (χ0) is 13.7. The van der Waals surface area contributed by atoms with Gasteiger partial charge in [0.05, 0.1) is 5.92 Å². The SMILES string of the molecule is NCC(C(=O)N1CCCC(CO)C1)c1ccccc1. The van der Waals surface area contributed by atoms with Crippen molar-refractivity contribution >= 4 is 5.91 Å². The molecule has 0 aromatic heterocycles. The van der Waals surface area contributed by atoms with E-state index in [4.69, 9.17) is 5.73 Å². The molecule has 104 valence electrons. The van der Waals surface area contributed by atoms with Crippen LogP contribution in [0.25, 0.3) is 0 Å². The second kappa shape index (κ2) is 6.68. The summed E-state index contributed by atoms with van der Waals surface area (Å²) in [6, 6.07) is 9.69. The maximum absolute atomic E-state index is 12.6. The van der Waals surface area contributed by atoms with Gasteiger partial charge in [0.15, 0.2) is 0 Å². The van der Waals surface area contributed by atoms with Gasteiger partial charge in [-0.3, -0.25) is 4.79 Å². The van der Waals surface area contributed by atoms with Gasteiger partial charge in [0.25, 0.3) is 0 Å².